The lowest BCUT2D eigenvalue weighted by Gasteiger charge is -2.05. The molecule has 13 heavy (non-hydrogen) atoms. The van der Waals surface area contributed by atoms with Crippen LogP contribution in [0.2, 0.25) is 0 Å². The van der Waals surface area contributed by atoms with Crippen LogP contribution in [0.4, 0.5) is 0 Å². The van der Waals surface area contributed by atoms with E-state index in [0.717, 1.165) is 6.42 Å². The molecule has 0 amide bonds. The van der Waals surface area contributed by atoms with E-state index in [0.29, 0.717) is 18.4 Å². The van der Waals surface area contributed by atoms with Gasteiger partial charge in [-0.15, -0.1) is 0 Å². The predicted octanol–water partition coefficient (Wildman–Crippen LogP) is 2.34. The van der Waals surface area contributed by atoms with Crippen molar-refractivity contribution in [3.8, 4) is 0 Å². The van der Waals surface area contributed by atoms with Crippen molar-refractivity contribution in [1.29, 1.82) is 0 Å². The van der Waals surface area contributed by atoms with Gasteiger partial charge in [0.2, 0.25) is 0 Å². The molecule has 70 valence electrons. The number of aryl methyl sites for hydroxylation is 1. The summed E-state index contributed by atoms with van der Waals surface area (Å²) in [7, 11) is 0. The van der Waals surface area contributed by atoms with Crippen molar-refractivity contribution in [3.63, 3.8) is 0 Å². The first-order valence-corrected chi connectivity index (χ1v) is 5.05. The van der Waals surface area contributed by atoms with Crippen molar-refractivity contribution in [3.05, 3.63) is 35.4 Å². The van der Waals surface area contributed by atoms with E-state index in [1.54, 1.807) is 0 Å². The van der Waals surface area contributed by atoms with Crippen LogP contribution in [0.1, 0.15) is 30.4 Å². The fourth-order valence-electron chi connectivity index (χ4n) is 2.05. The molecule has 1 aliphatic carbocycles. The third-order valence-corrected chi connectivity index (χ3v) is 2.99. The smallest absolute Gasteiger partial charge is 0.0465 e. The molecule has 0 heterocycles. The first-order valence-electron chi connectivity index (χ1n) is 5.05. The summed E-state index contributed by atoms with van der Waals surface area (Å²) in [5.41, 5.74) is 2.91. The van der Waals surface area contributed by atoms with E-state index in [9.17, 15) is 0 Å². The molecule has 1 aromatic rings. The molecule has 0 radical (unpaired) electrons. The monoisotopic (exact) mass is 176 g/mol. The summed E-state index contributed by atoms with van der Waals surface area (Å²) < 4.78 is 0. The lowest BCUT2D eigenvalue weighted by Crippen LogP contribution is -1.93. The molecule has 2 rings (SSSR count). The fraction of sp³-hybridized carbons (Fsp3) is 0.500. The van der Waals surface area contributed by atoms with Crippen LogP contribution in [0.15, 0.2) is 24.3 Å². The van der Waals surface area contributed by atoms with Crippen LogP contribution < -0.4 is 0 Å². The SMILES string of the molecule is CCc1ccccc1[C@@H]1C[C@H]1CO. The highest BCUT2D eigenvalue weighted by atomic mass is 16.3. The van der Waals surface area contributed by atoms with Gasteiger partial charge in [-0.25, -0.2) is 0 Å². The molecule has 1 aliphatic rings. The maximum atomic E-state index is 9.00. The van der Waals surface area contributed by atoms with Crippen LogP contribution >= 0.6 is 0 Å². The normalized spacial score (nSPS) is 26.0. The largest absolute Gasteiger partial charge is 0.396 e. The van der Waals surface area contributed by atoms with Gasteiger partial charge in [0.25, 0.3) is 0 Å². The number of hydrogen-bond donors (Lipinski definition) is 1. The Kier molecular flexibility index (Phi) is 2.36. The van der Waals surface area contributed by atoms with Gasteiger partial charge in [0.15, 0.2) is 0 Å². The third kappa shape index (κ3) is 1.61. The van der Waals surface area contributed by atoms with E-state index in [1.807, 2.05) is 0 Å². The highest BCUT2D eigenvalue weighted by Crippen LogP contribution is 2.48. The molecule has 0 aromatic heterocycles. The number of aliphatic hydroxyl groups excluding tert-OH is 1. The van der Waals surface area contributed by atoms with Crippen LogP contribution in [-0.2, 0) is 6.42 Å². The van der Waals surface area contributed by atoms with E-state index in [4.69, 9.17) is 5.11 Å². The van der Waals surface area contributed by atoms with E-state index in [-0.39, 0.29) is 0 Å². The van der Waals surface area contributed by atoms with Crippen LogP contribution in [-0.4, -0.2) is 11.7 Å². The maximum absolute atomic E-state index is 9.00. The number of benzene rings is 1. The van der Waals surface area contributed by atoms with Gasteiger partial charge >= 0.3 is 0 Å². The van der Waals surface area contributed by atoms with Crippen LogP contribution in [0.25, 0.3) is 0 Å². The standard InChI is InChI=1S/C12H16O/c1-2-9-5-3-4-6-11(9)12-7-10(12)8-13/h3-6,10,12-13H,2,7-8H2,1H3/t10-,12+/m0/s1. The molecule has 0 unspecified atom stereocenters. The Morgan fingerprint density at radius 2 is 2.15 bits per heavy atom. The first-order chi connectivity index (χ1) is 6.36. The van der Waals surface area contributed by atoms with Gasteiger partial charge in [-0.05, 0) is 35.8 Å². The fourth-order valence-corrected chi connectivity index (χ4v) is 2.05. The van der Waals surface area contributed by atoms with E-state index >= 15 is 0 Å². The maximum Gasteiger partial charge on any atom is 0.0465 e. The van der Waals surface area contributed by atoms with Crippen molar-refractivity contribution in [2.45, 2.75) is 25.7 Å². The number of aliphatic hydroxyl groups is 1. The Morgan fingerprint density at radius 1 is 1.38 bits per heavy atom. The molecule has 1 saturated carbocycles. The van der Waals surface area contributed by atoms with Crippen molar-refractivity contribution >= 4 is 0 Å². The third-order valence-electron chi connectivity index (χ3n) is 2.99. The lowest BCUT2D eigenvalue weighted by molar-refractivity contribution is 0.274. The topological polar surface area (TPSA) is 20.2 Å². The molecular formula is C12H16O. The second kappa shape index (κ2) is 3.51. The molecule has 2 atom stereocenters. The highest BCUT2D eigenvalue weighted by Gasteiger charge is 2.38. The summed E-state index contributed by atoms with van der Waals surface area (Å²) >= 11 is 0. The molecule has 0 bridgehead atoms. The van der Waals surface area contributed by atoms with Crippen molar-refractivity contribution < 1.29 is 5.11 Å². The summed E-state index contributed by atoms with van der Waals surface area (Å²) in [5, 5.41) is 9.00. The quantitative estimate of drug-likeness (QED) is 0.749. The highest BCUT2D eigenvalue weighted by molar-refractivity contribution is 5.34. The zero-order chi connectivity index (χ0) is 9.26. The zero-order valence-corrected chi connectivity index (χ0v) is 8.03. The van der Waals surface area contributed by atoms with Gasteiger partial charge in [0, 0.05) is 6.61 Å². The molecular weight excluding hydrogens is 160 g/mol. The van der Waals surface area contributed by atoms with Crippen molar-refractivity contribution in [1.82, 2.24) is 0 Å². The minimum atomic E-state index is 0.350. The van der Waals surface area contributed by atoms with E-state index in [2.05, 4.69) is 31.2 Å². The van der Waals surface area contributed by atoms with Gasteiger partial charge in [0.05, 0.1) is 0 Å². The molecule has 0 spiro atoms. The molecule has 1 heteroatoms. The van der Waals surface area contributed by atoms with Crippen LogP contribution in [0, 0.1) is 5.92 Å². The van der Waals surface area contributed by atoms with Gasteiger partial charge < -0.3 is 5.11 Å². The van der Waals surface area contributed by atoms with Gasteiger partial charge in [-0.1, -0.05) is 31.2 Å². The van der Waals surface area contributed by atoms with Gasteiger partial charge in [0.1, 0.15) is 0 Å². The summed E-state index contributed by atoms with van der Waals surface area (Å²) in [6, 6.07) is 8.60. The lowest BCUT2D eigenvalue weighted by atomic mass is 10.0. The minimum Gasteiger partial charge on any atom is -0.396 e. The Bertz CT molecular complexity index is 293. The Balaban J connectivity index is 2.20. The summed E-state index contributed by atoms with van der Waals surface area (Å²) in [6.45, 7) is 2.54. The Hall–Kier alpha value is -0.820. The molecule has 0 aliphatic heterocycles. The van der Waals surface area contributed by atoms with Crippen LogP contribution in [0.5, 0.6) is 0 Å². The number of rotatable bonds is 3. The zero-order valence-electron chi connectivity index (χ0n) is 8.03. The predicted molar refractivity (Wildman–Crippen MR) is 53.8 cm³/mol. The molecule has 0 saturated heterocycles. The summed E-state index contributed by atoms with van der Waals surface area (Å²) in [5.74, 6) is 1.17. The van der Waals surface area contributed by atoms with Crippen molar-refractivity contribution in [2.24, 2.45) is 5.92 Å². The average molecular weight is 176 g/mol. The summed E-state index contributed by atoms with van der Waals surface area (Å²) in [4.78, 5) is 0. The van der Waals surface area contributed by atoms with E-state index < -0.39 is 0 Å². The van der Waals surface area contributed by atoms with Gasteiger partial charge in [-0.3, -0.25) is 0 Å². The molecule has 1 N–H and O–H groups in total. The van der Waals surface area contributed by atoms with Gasteiger partial charge in [-0.2, -0.15) is 0 Å². The first kappa shape index (κ1) is 8.76. The number of hydrogen-bond acceptors (Lipinski definition) is 1. The molecule has 1 aromatic carbocycles. The molecule has 1 nitrogen and oxygen atoms in total. The van der Waals surface area contributed by atoms with E-state index in [1.165, 1.54) is 17.5 Å². The summed E-state index contributed by atoms with van der Waals surface area (Å²) in [6.07, 6.45) is 2.28. The average Bonchev–Trinajstić information content (AvgIpc) is 2.96. The second-order valence-corrected chi connectivity index (χ2v) is 3.84. The Labute approximate surface area is 79.4 Å². The minimum absolute atomic E-state index is 0.350. The van der Waals surface area contributed by atoms with Crippen molar-refractivity contribution in [2.75, 3.05) is 6.61 Å². The Morgan fingerprint density at radius 3 is 2.77 bits per heavy atom. The second-order valence-electron chi connectivity index (χ2n) is 3.84. The van der Waals surface area contributed by atoms with Crippen LogP contribution in [0.3, 0.4) is 0 Å². The molecule has 1 fully saturated rings.